The molecule has 0 fully saturated rings. The van der Waals surface area contributed by atoms with Gasteiger partial charge in [0.15, 0.2) is 4.80 Å². The number of terminal acetylenes is 1. The lowest BCUT2D eigenvalue weighted by Gasteiger charge is -2.07. The number of rotatable bonds is 4. The molecule has 7 heteroatoms. The van der Waals surface area contributed by atoms with E-state index >= 15 is 0 Å². The van der Waals surface area contributed by atoms with Gasteiger partial charge in [0, 0.05) is 5.02 Å². The van der Waals surface area contributed by atoms with Gasteiger partial charge < -0.3 is 14.0 Å². The number of ether oxygens (including phenoxy) is 2. The summed E-state index contributed by atoms with van der Waals surface area (Å²) >= 11 is 7.41. The van der Waals surface area contributed by atoms with E-state index in [1.54, 1.807) is 28.8 Å². The van der Waals surface area contributed by atoms with Gasteiger partial charge in [-0.15, -0.1) is 6.42 Å². The Morgan fingerprint density at radius 1 is 1.27 bits per heavy atom. The predicted octanol–water partition coefficient (Wildman–Crippen LogP) is 3.75. The minimum atomic E-state index is -0.441. The number of carbonyl (C=O) groups is 1. The van der Waals surface area contributed by atoms with Crippen LogP contribution in [0.15, 0.2) is 41.4 Å². The number of carbonyl (C=O) groups excluding carboxylic acids is 1. The molecule has 1 aromatic heterocycles. The molecule has 5 nitrogen and oxygen atoms in total. The van der Waals surface area contributed by atoms with Gasteiger partial charge in [-0.2, -0.15) is 4.99 Å². The van der Waals surface area contributed by atoms with Crippen LogP contribution in [0.25, 0.3) is 10.2 Å². The number of benzene rings is 2. The fourth-order valence-corrected chi connectivity index (χ4v) is 3.81. The van der Waals surface area contributed by atoms with Gasteiger partial charge in [0.2, 0.25) is 0 Å². The topological polar surface area (TPSA) is 52.8 Å². The van der Waals surface area contributed by atoms with Crippen molar-refractivity contribution in [1.29, 1.82) is 0 Å². The summed E-state index contributed by atoms with van der Waals surface area (Å²) in [5, 5.41) is 0.610. The Balaban J connectivity index is 2.17. The molecule has 0 radical (unpaired) electrons. The lowest BCUT2D eigenvalue weighted by atomic mass is 10.2. The maximum Gasteiger partial charge on any atom is 0.283 e. The standard InChI is InChI=1S/C19H15ClN2O3S/c1-4-9-22-15-7-5-12(20)10-17(15)26-19(22)21-18(23)14-11-13(24-2)6-8-16(14)25-3/h1,5-8,10-11H,9H2,2-3H3. The summed E-state index contributed by atoms with van der Waals surface area (Å²) in [6.07, 6.45) is 5.48. The van der Waals surface area contributed by atoms with Crippen molar-refractivity contribution in [2.75, 3.05) is 14.2 Å². The van der Waals surface area contributed by atoms with Gasteiger partial charge >= 0.3 is 0 Å². The van der Waals surface area contributed by atoms with Crippen molar-refractivity contribution in [3.05, 3.63) is 51.8 Å². The highest BCUT2D eigenvalue weighted by Gasteiger charge is 2.14. The number of amides is 1. The van der Waals surface area contributed by atoms with Crippen LogP contribution in [0.3, 0.4) is 0 Å². The zero-order chi connectivity index (χ0) is 18.7. The van der Waals surface area contributed by atoms with Crippen molar-refractivity contribution in [2.24, 2.45) is 4.99 Å². The van der Waals surface area contributed by atoms with Crippen LogP contribution in [0.2, 0.25) is 5.02 Å². The first kappa shape index (κ1) is 18.1. The number of nitrogens with zero attached hydrogens (tertiary/aromatic N) is 2. The summed E-state index contributed by atoms with van der Waals surface area (Å²) in [5.74, 6) is 3.12. The largest absolute Gasteiger partial charge is 0.497 e. The van der Waals surface area contributed by atoms with Crippen molar-refractivity contribution in [2.45, 2.75) is 6.54 Å². The molecule has 0 atom stereocenters. The zero-order valence-electron chi connectivity index (χ0n) is 14.2. The summed E-state index contributed by atoms with van der Waals surface area (Å²) in [6, 6.07) is 10.4. The number of aromatic nitrogens is 1. The van der Waals surface area contributed by atoms with Crippen molar-refractivity contribution < 1.29 is 14.3 Å². The quantitative estimate of drug-likeness (QED) is 0.642. The summed E-state index contributed by atoms with van der Waals surface area (Å²) in [4.78, 5) is 17.5. The molecule has 1 heterocycles. The Hall–Kier alpha value is -2.75. The Morgan fingerprint density at radius 2 is 2.08 bits per heavy atom. The molecular formula is C19H15ClN2O3S. The molecule has 3 aromatic rings. The lowest BCUT2D eigenvalue weighted by molar-refractivity contribution is 0.0994. The Labute approximate surface area is 159 Å². The van der Waals surface area contributed by atoms with Crippen LogP contribution in [0.4, 0.5) is 0 Å². The van der Waals surface area contributed by atoms with Crippen LogP contribution >= 0.6 is 22.9 Å². The molecule has 0 aliphatic heterocycles. The van der Waals surface area contributed by atoms with Crippen LogP contribution < -0.4 is 14.3 Å². The van der Waals surface area contributed by atoms with Crippen LogP contribution in [0.1, 0.15) is 10.4 Å². The number of halogens is 1. The molecule has 2 aromatic carbocycles. The monoisotopic (exact) mass is 386 g/mol. The molecule has 0 bridgehead atoms. The number of methoxy groups -OCH3 is 2. The number of thiazole rings is 1. The first-order chi connectivity index (χ1) is 12.6. The van der Waals surface area contributed by atoms with Gasteiger partial charge in [0.25, 0.3) is 5.91 Å². The van der Waals surface area contributed by atoms with E-state index in [4.69, 9.17) is 27.5 Å². The molecular weight excluding hydrogens is 372 g/mol. The van der Waals surface area contributed by atoms with E-state index in [0.717, 1.165) is 10.2 Å². The maximum absolute atomic E-state index is 12.8. The average molecular weight is 387 g/mol. The van der Waals surface area contributed by atoms with E-state index in [1.165, 1.54) is 25.6 Å². The van der Waals surface area contributed by atoms with Crippen LogP contribution in [-0.4, -0.2) is 24.7 Å². The average Bonchev–Trinajstić information content (AvgIpc) is 2.97. The first-order valence-electron chi connectivity index (χ1n) is 7.61. The van der Waals surface area contributed by atoms with E-state index in [-0.39, 0.29) is 0 Å². The summed E-state index contributed by atoms with van der Waals surface area (Å²) < 4.78 is 13.2. The van der Waals surface area contributed by atoms with Crippen LogP contribution in [-0.2, 0) is 6.54 Å². The highest BCUT2D eigenvalue weighted by molar-refractivity contribution is 7.16. The van der Waals surface area contributed by atoms with Gasteiger partial charge in [0.1, 0.15) is 11.5 Å². The van der Waals surface area contributed by atoms with E-state index < -0.39 is 5.91 Å². The van der Waals surface area contributed by atoms with Crippen molar-refractivity contribution in [1.82, 2.24) is 4.57 Å². The van der Waals surface area contributed by atoms with Gasteiger partial charge in [-0.25, -0.2) is 0 Å². The second-order valence-corrected chi connectivity index (χ2v) is 6.72. The van der Waals surface area contributed by atoms with Crippen molar-refractivity contribution >= 4 is 39.1 Å². The van der Waals surface area contributed by atoms with E-state index in [9.17, 15) is 4.79 Å². The number of hydrogen-bond donors (Lipinski definition) is 0. The molecule has 0 spiro atoms. The fourth-order valence-electron chi connectivity index (χ4n) is 2.50. The Bertz CT molecular complexity index is 1090. The second-order valence-electron chi connectivity index (χ2n) is 5.27. The van der Waals surface area contributed by atoms with E-state index in [2.05, 4.69) is 10.9 Å². The maximum atomic E-state index is 12.8. The molecule has 0 N–H and O–H groups in total. The molecule has 0 unspecified atom stereocenters. The summed E-state index contributed by atoms with van der Waals surface area (Å²) in [6.45, 7) is 0.295. The lowest BCUT2D eigenvalue weighted by Crippen LogP contribution is -2.16. The predicted molar refractivity (Wildman–Crippen MR) is 103 cm³/mol. The van der Waals surface area contributed by atoms with E-state index in [0.29, 0.717) is 33.4 Å². The van der Waals surface area contributed by atoms with Crippen LogP contribution in [0.5, 0.6) is 11.5 Å². The third-order valence-electron chi connectivity index (χ3n) is 3.73. The molecule has 132 valence electrons. The van der Waals surface area contributed by atoms with Crippen molar-refractivity contribution in [3.63, 3.8) is 0 Å². The highest BCUT2D eigenvalue weighted by Crippen LogP contribution is 2.25. The molecule has 3 rings (SSSR count). The number of fused-ring (bicyclic) bond motifs is 1. The minimum Gasteiger partial charge on any atom is -0.497 e. The molecule has 0 saturated carbocycles. The summed E-state index contributed by atoms with van der Waals surface area (Å²) in [7, 11) is 3.03. The van der Waals surface area contributed by atoms with Crippen molar-refractivity contribution in [3.8, 4) is 23.8 Å². The van der Waals surface area contributed by atoms with Gasteiger partial charge in [-0.1, -0.05) is 28.9 Å². The fraction of sp³-hybridized carbons (Fsp3) is 0.158. The third-order valence-corrected chi connectivity index (χ3v) is 5.00. The minimum absolute atomic E-state index is 0.295. The SMILES string of the molecule is C#CCn1c(=NC(=O)c2cc(OC)ccc2OC)sc2cc(Cl)ccc21. The van der Waals surface area contributed by atoms with Gasteiger partial charge in [-0.3, -0.25) is 4.79 Å². The molecule has 0 aliphatic rings. The normalized spacial score (nSPS) is 11.4. The Kier molecular flexibility index (Phi) is 5.31. The first-order valence-corrected chi connectivity index (χ1v) is 8.80. The highest BCUT2D eigenvalue weighted by atomic mass is 35.5. The second kappa shape index (κ2) is 7.65. The molecule has 0 saturated heterocycles. The van der Waals surface area contributed by atoms with Gasteiger partial charge in [-0.05, 0) is 36.4 Å². The summed E-state index contributed by atoms with van der Waals surface area (Å²) in [5.41, 5.74) is 1.19. The van der Waals surface area contributed by atoms with Crippen LogP contribution in [0, 0.1) is 12.3 Å². The smallest absolute Gasteiger partial charge is 0.283 e. The third kappa shape index (κ3) is 3.45. The molecule has 26 heavy (non-hydrogen) atoms. The van der Waals surface area contributed by atoms with Gasteiger partial charge in [0.05, 0.1) is 36.5 Å². The number of hydrogen-bond acceptors (Lipinski definition) is 4. The van der Waals surface area contributed by atoms with E-state index in [1.807, 2.05) is 12.1 Å². The Morgan fingerprint density at radius 3 is 2.77 bits per heavy atom. The molecule has 1 amide bonds. The molecule has 0 aliphatic carbocycles. The zero-order valence-corrected chi connectivity index (χ0v) is 15.7.